The van der Waals surface area contributed by atoms with Gasteiger partial charge in [0.25, 0.3) is 0 Å². The number of hydrogen-bond donors (Lipinski definition) is 0. The molecular formula is C25H20F3N3O2. The van der Waals surface area contributed by atoms with Crippen LogP contribution in [0.3, 0.4) is 0 Å². The second-order valence-corrected chi connectivity index (χ2v) is 7.60. The van der Waals surface area contributed by atoms with Crippen LogP contribution >= 0.6 is 0 Å². The van der Waals surface area contributed by atoms with Crippen LogP contribution in [0, 0.1) is 11.3 Å². The molecule has 3 aromatic rings. The van der Waals surface area contributed by atoms with Crippen LogP contribution in [0.5, 0.6) is 0 Å². The molecule has 1 atom stereocenters. The standard InChI is InChI=1S/C25H20F3N3O2/c26-25(27,28)20-15-21(22(30-16-20)23(32)18-7-3-1-4-8-18)24(17-29,19-9-5-2-6-10-19)31-11-13-33-14-12-31/h1-10,15-16H,11-14H2/t24-/m0/s1. The van der Waals surface area contributed by atoms with Crippen molar-refractivity contribution in [2.45, 2.75) is 11.7 Å². The van der Waals surface area contributed by atoms with Gasteiger partial charge >= 0.3 is 6.18 Å². The Kier molecular flexibility index (Phi) is 6.27. The van der Waals surface area contributed by atoms with Crippen molar-refractivity contribution >= 4 is 5.78 Å². The highest BCUT2D eigenvalue weighted by molar-refractivity contribution is 6.09. The monoisotopic (exact) mass is 451 g/mol. The molecule has 1 saturated heterocycles. The summed E-state index contributed by atoms with van der Waals surface area (Å²) < 4.78 is 46.6. The van der Waals surface area contributed by atoms with Crippen molar-refractivity contribution in [2.75, 3.05) is 26.3 Å². The van der Waals surface area contributed by atoms with Gasteiger partial charge in [0.1, 0.15) is 5.69 Å². The van der Waals surface area contributed by atoms with Gasteiger partial charge in [-0.3, -0.25) is 14.7 Å². The van der Waals surface area contributed by atoms with Crippen molar-refractivity contribution in [2.24, 2.45) is 0 Å². The lowest BCUT2D eigenvalue weighted by Crippen LogP contribution is -2.52. The molecule has 4 rings (SSSR count). The zero-order chi connectivity index (χ0) is 23.5. The third kappa shape index (κ3) is 4.25. The molecule has 1 aromatic heterocycles. The quantitative estimate of drug-likeness (QED) is 0.537. The van der Waals surface area contributed by atoms with Gasteiger partial charge in [0, 0.05) is 30.4 Å². The minimum absolute atomic E-state index is 0.0956. The minimum Gasteiger partial charge on any atom is -0.379 e. The van der Waals surface area contributed by atoms with E-state index in [9.17, 15) is 23.2 Å². The molecule has 1 fully saturated rings. The molecule has 168 valence electrons. The van der Waals surface area contributed by atoms with Crippen LogP contribution in [0.25, 0.3) is 0 Å². The van der Waals surface area contributed by atoms with Crippen LogP contribution in [0.1, 0.15) is 32.7 Å². The highest BCUT2D eigenvalue weighted by Gasteiger charge is 2.46. The molecule has 0 spiro atoms. The van der Waals surface area contributed by atoms with Gasteiger partial charge in [0.05, 0.1) is 24.8 Å². The van der Waals surface area contributed by atoms with Crippen molar-refractivity contribution < 1.29 is 22.7 Å². The molecule has 0 amide bonds. The number of hydrogen-bond acceptors (Lipinski definition) is 5. The summed E-state index contributed by atoms with van der Waals surface area (Å²) in [6.45, 7) is 1.23. The maximum absolute atomic E-state index is 13.7. The SMILES string of the molecule is N#C[C@](c1ccccc1)(c1cc(C(F)(F)F)cnc1C(=O)c1ccccc1)N1CCOCC1. The molecule has 5 nitrogen and oxygen atoms in total. The third-order valence-electron chi connectivity index (χ3n) is 5.69. The average molecular weight is 451 g/mol. The zero-order valence-electron chi connectivity index (χ0n) is 17.5. The molecule has 0 N–H and O–H groups in total. The molecule has 2 heterocycles. The first-order valence-corrected chi connectivity index (χ1v) is 10.3. The fraction of sp³-hybridized carbons (Fsp3) is 0.240. The van der Waals surface area contributed by atoms with Crippen molar-refractivity contribution in [3.8, 4) is 6.07 Å². The van der Waals surface area contributed by atoms with Gasteiger partial charge in [0.15, 0.2) is 5.54 Å². The molecule has 0 saturated carbocycles. The van der Waals surface area contributed by atoms with Crippen LogP contribution in [-0.2, 0) is 16.5 Å². The van der Waals surface area contributed by atoms with Gasteiger partial charge in [-0.15, -0.1) is 0 Å². The van der Waals surface area contributed by atoms with E-state index < -0.39 is 23.1 Å². The Labute approximate surface area is 189 Å². The van der Waals surface area contributed by atoms with E-state index in [2.05, 4.69) is 11.1 Å². The summed E-state index contributed by atoms with van der Waals surface area (Å²) >= 11 is 0. The Bertz CT molecular complexity index is 1170. The summed E-state index contributed by atoms with van der Waals surface area (Å²) in [6.07, 6.45) is -4.05. The van der Waals surface area contributed by atoms with Gasteiger partial charge < -0.3 is 4.74 Å². The van der Waals surface area contributed by atoms with Crippen molar-refractivity contribution in [1.29, 1.82) is 5.26 Å². The summed E-state index contributed by atoms with van der Waals surface area (Å²) in [5.74, 6) is -0.553. The highest BCUT2D eigenvalue weighted by Crippen LogP contribution is 2.40. The number of alkyl halides is 3. The van der Waals surface area contributed by atoms with E-state index in [-0.39, 0.29) is 16.8 Å². The van der Waals surface area contributed by atoms with Gasteiger partial charge in [-0.05, 0) is 11.6 Å². The number of carbonyl (C=O) groups excluding carboxylic acids is 1. The molecule has 0 aliphatic carbocycles. The molecule has 0 radical (unpaired) electrons. The van der Waals surface area contributed by atoms with E-state index in [0.29, 0.717) is 38.1 Å². The second-order valence-electron chi connectivity index (χ2n) is 7.60. The molecule has 0 unspecified atom stereocenters. The van der Waals surface area contributed by atoms with E-state index in [1.807, 2.05) is 0 Å². The van der Waals surface area contributed by atoms with Crippen molar-refractivity contribution in [3.63, 3.8) is 0 Å². The van der Waals surface area contributed by atoms with E-state index in [1.165, 1.54) is 0 Å². The molecular weight excluding hydrogens is 431 g/mol. The number of nitrogens with zero attached hydrogens (tertiary/aromatic N) is 3. The molecule has 1 aliphatic heterocycles. The zero-order valence-corrected chi connectivity index (χ0v) is 17.5. The normalized spacial score (nSPS) is 16.5. The van der Waals surface area contributed by atoms with E-state index in [4.69, 9.17) is 4.74 Å². The smallest absolute Gasteiger partial charge is 0.379 e. The van der Waals surface area contributed by atoms with Gasteiger partial charge in [-0.1, -0.05) is 60.7 Å². The first kappa shape index (κ1) is 22.6. The maximum Gasteiger partial charge on any atom is 0.417 e. The second kappa shape index (κ2) is 9.14. The predicted molar refractivity (Wildman–Crippen MR) is 114 cm³/mol. The fourth-order valence-corrected chi connectivity index (χ4v) is 4.08. The number of nitriles is 1. The van der Waals surface area contributed by atoms with Crippen LogP contribution in [0.4, 0.5) is 13.2 Å². The van der Waals surface area contributed by atoms with E-state index >= 15 is 0 Å². The number of ether oxygens (including phenoxy) is 1. The number of halogens is 3. The van der Waals surface area contributed by atoms with Crippen LogP contribution in [0.15, 0.2) is 72.9 Å². The number of rotatable bonds is 5. The fourth-order valence-electron chi connectivity index (χ4n) is 4.08. The Morgan fingerprint density at radius 1 is 0.970 bits per heavy atom. The summed E-state index contributed by atoms with van der Waals surface area (Å²) in [5.41, 5.74) is -2.25. The maximum atomic E-state index is 13.7. The van der Waals surface area contributed by atoms with E-state index in [1.54, 1.807) is 65.6 Å². The Balaban J connectivity index is 2.02. The molecule has 2 aromatic carbocycles. The highest BCUT2D eigenvalue weighted by atomic mass is 19.4. The molecule has 8 heteroatoms. The Morgan fingerprint density at radius 2 is 1.58 bits per heavy atom. The summed E-state index contributed by atoms with van der Waals surface area (Å²) in [5, 5.41) is 10.6. The van der Waals surface area contributed by atoms with Crippen LogP contribution < -0.4 is 0 Å². The Hall–Kier alpha value is -3.54. The summed E-state index contributed by atoms with van der Waals surface area (Å²) in [6, 6.07) is 19.9. The summed E-state index contributed by atoms with van der Waals surface area (Å²) in [4.78, 5) is 19.1. The van der Waals surface area contributed by atoms with Crippen LogP contribution in [0.2, 0.25) is 0 Å². The van der Waals surface area contributed by atoms with Crippen LogP contribution in [-0.4, -0.2) is 42.0 Å². The number of carbonyl (C=O) groups is 1. The topological polar surface area (TPSA) is 66.2 Å². The largest absolute Gasteiger partial charge is 0.417 e. The number of benzene rings is 2. The Morgan fingerprint density at radius 3 is 2.15 bits per heavy atom. The average Bonchev–Trinajstić information content (AvgIpc) is 2.86. The lowest BCUT2D eigenvalue weighted by Gasteiger charge is -2.42. The lowest BCUT2D eigenvalue weighted by atomic mass is 9.79. The van der Waals surface area contributed by atoms with Gasteiger partial charge in [-0.25, -0.2) is 0 Å². The number of pyridine rings is 1. The number of morpholine rings is 1. The van der Waals surface area contributed by atoms with Gasteiger partial charge in [-0.2, -0.15) is 18.4 Å². The van der Waals surface area contributed by atoms with Crippen molar-refractivity contribution in [1.82, 2.24) is 9.88 Å². The minimum atomic E-state index is -4.70. The first-order valence-electron chi connectivity index (χ1n) is 10.3. The van der Waals surface area contributed by atoms with E-state index in [0.717, 1.165) is 6.07 Å². The predicted octanol–water partition coefficient (Wildman–Crippen LogP) is 4.43. The van der Waals surface area contributed by atoms with Crippen molar-refractivity contribution in [3.05, 3.63) is 101 Å². The third-order valence-corrected chi connectivity index (χ3v) is 5.69. The molecule has 0 bridgehead atoms. The summed E-state index contributed by atoms with van der Waals surface area (Å²) in [7, 11) is 0. The lowest BCUT2D eigenvalue weighted by molar-refractivity contribution is -0.138. The number of ketones is 1. The number of aromatic nitrogens is 1. The first-order chi connectivity index (χ1) is 15.9. The molecule has 1 aliphatic rings. The molecule has 33 heavy (non-hydrogen) atoms. The van der Waals surface area contributed by atoms with Gasteiger partial charge in [0.2, 0.25) is 5.78 Å².